The summed E-state index contributed by atoms with van der Waals surface area (Å²) in [4.78, 5) is 36.7. The van der Waals surface area contributed by atoms with Crippen LogP contribution in [-0.4, -0.2) is 29.4 Å². The smallest absolute Gasteiger partial charge is 0.335 e. The highest BCUT2D eigenvalue weighted by Gasteiger charge is 2.26. The molecule has 0 spiro atoms. The fourth-order valence-corrected chi connectivity index (χ4v) is 2.69. The standard InChI is InChI=1S/C19H17NO5/c1-2-16(21)14-7-8-17-15(9-14)20(18(22)11-25-17)10-12-3-5-13(6-4-12)19(23)24/h3-9H,2,10-11H2,1H3,(H,23,24). The van der Waals surface area contributed by atoms with Gasteiger partial charge in [-0.2, -0.15) is 0 Å². The number of carbonyl (C=O) groups is 3. The molecule has 3 rings (SSSR count). The Balaban J connectivity index is 1.92. The summed E-state index contributed by atoms with van der Waals surface area (Å²) in [7, 11) is 0. The van der Waals surface area contributed by atoms with E-state index in [0.717, 1.165) is 5.56 Å². The number of carboxylic acids is 1. The maximum Gasteiger partial charge on any atom is 0.335 e. The largest absolute Gasteiger partial charge is 0.482 e. The van der Waals surface area contributed by atoms with Crippen LogP contribution in [-0.2, 0) is 11.3 Å². The third kappa shape index (κ3) is 3.38. The quantitative estimate of drug-likeness (QED) is 0.847. The van der Waals surface area contributed by atoms with Gasteiger partial charge in [-0.25, -0.2) is 4.79 Å². The van der Waals surface area contributed by atoms with Gasteiger partial charge >= 0.3 is 5.97 Å². The van der Waals surface area contributed by atoms with Crippen molar-refractivity contribution in [2.75, 3.05) is 11.5 Å². The minimum atomic E-state index is -0.998. The minimum Gasteiger partial charge on any atom is -0.482 e. The molecular formula is C19H17NO5. The van der Waals surface area contributed by atoms with Crippen molar-refractivity contribution in [3.8, 4) is 5.75 Å². The van der Waals surface area contributed by atoms with Crippen molar-refractivity contribution in [3.63, 3.8) is 0 Å². The number of benzene rings is 2. The van der Waals surface area contributed by atoms with Gasteiger partial charge in [0.05, 0.1) is 17.8 Å². The van der Waals surface area contributed by atoms with Crippen molar-refractivity contribution in [3.05, 3.63) is 59.2 Å². The van der Waals surface area contributed by atoms with E-state index in [9.17, 15) is 14.4 Å². The number of ether oxygens (including phenoxy) is 1. The zero-order chi connectivity index (χ0) is 18.0. The molecule has 0 aromatic heterocycles. The topological polar surface area (TPSA) is 83.9 Å². The van der Waals surface area contributed by atoms with Gasteiger partial charge in [0.15, 0.2) is 12.4 Å². The average molecular weight is 339 g/mol. The molecule has 0 saturated carbocycles. The lowest BCUT2D eigenvalue weighted by molar-refractivity contribution is -0.121. The van der Waals surface area contributed by atoms with E-state index >= 15 is 0 Å². The molecule has 2 aromatic carbocycles. The first kappa shape index (κ1) is 16.7. The van der Waals surface area contributed by atoms with E-state index in [2.05, 4.69) is 0 Å². The predicted octanol–water partition coefficient (Wildman–Crippen LogP) is 2.90. The summed E-state index contributed by atoms with van der Waals surface area (Å²) in [5.74, 6) is -0.668. The lowest BCUT2D eigenvalue weighted by Crippen LogP contribution is -2.38. The van der Waals surface area contributed by atoms with Crippen LogP contribution in [0.25, 0.3) is 0 Å². The zero-order valence-corrected chi connectivity index (χ0v) is 13.7. The van der Waals surface area contributed by atoms with Crippen LogP contribution in [0.15, 0.2) is 42.5 Å². The third-order valence-electron chi connectivity index (χ3n) is 4.09. The van der Waals surface area contributed by atoms with Crippen LogP contribution in [0.5, 0.6) is 5.75 Å². The van der Waals surface area contributed by atoms with Crippen molar-refractivity contribution >= 4 is 23.3 Å². The summed E-state index contributed by atoms with van der Waals surface area (Å²) in [6.45, 7) is 1.99. The summed E-state index contributed by atoms with van der Waals surface area (Å²) in [5.41, 5.74) is 2.07. The highest BCUT2D eigenvalue weighted by molar-refractivity contribution is 6.01. The van der Waals surface area contributed by atoms with Gasteiger partial charge in [0.2, 0.25) is 0 Å². The summed E-state index contributed by atoms with van der Waals surface area (Å²) in [5, 5.41) is 8.96. The summed E-state index contributed by atoms with van der Waals surface area (Å²) < 4.78 is 5.44. The molecule has 2 aromatic rings. The molecule has 1 N–H and O–H groups in total. The first-order chi connectivity index (χ1) is 12.0. The Bertz CT molecular complexity index is 841. The molecule has 0 fully saturated rings. The van der Waals surface area contributed by atoms with E-state index in [4.69, 9.17) is 9.84 Å². The van der Waals surface area contributed by atoms with E-state index in [0.29, 0.717) is 23.4 Å². The first-order valence-electron chi connectivity index (χ1n) is 7.92. The molecule has 0 saturated heterocycles. The molecule has 1 aliphatic rings. The lowest BCUT2D eigenvalue weighted by Gasteiger charge is -2.30. The van der Waals surface area contributed by atoms with Crippen molar-refractivity contribution < 1.29 is 24.2 Å². The SMILES string of the molecule is CCC(=O)c1ccc2c(c1)N(Cc1ccc(C(=O)O)cc1)C(=O)CO2. The number of anilines is 1. The number of Topliss-reactive ketones (excluding diaryl/α,β-unsaturated/α-hetero) is 1. The normalized spacial score (nSPS) is 13.2. The Morgan fingerprint density at radius 2 is 1.80 bits per heavy atom. The first-order valence-corrected chi connectivity index (χ1v) is 7.92. The van der Waals surface area contributed by atoms with Gasteiger partial charge in [0, 0.05) is 12.0 Å². The highest BCUT2D eigenvalue weighted by atomic mass is 16.5. The van der Waals surface area contributed by atoms with Crippen LogP contribution in [0.3, 0.4) is 0 Å². The Kier molecular flexibility index (Phi) is 4.52. The molecule has 0 radical (unpaired) electrons. The van der Waals surface area contributed by atoms with Crippen molar-refractivity contribution in [2.24, 2.45) is 0 Å². The number of amides is 1. The predicted molar refractivity (Wildman–Crippen MR) is 91.1 cm³/mol. The van der Waals surface area contributed by atoms with Gasteiger partial charge in [-0.05, 0) is 35.9 Å². The maximum atomic E-state index is 12.3. The fraction of sp³-hybridized carbons (Fsp3) is 0.211. The lowest BCUT2D eigenvalue weighted by atomic mass is 10.1. The van der Waals surface area contributed by atoms with Gasteiger partial charge in [-0.15, -0.1) is 0 Å². The van der Waals surface area contributed by atoms with Crippen LogP contribution < -0.4 is 9.64 Å². The molecule has 6 heteroatoms. The van der Waals surface area contributed by atoms with Crippen molar-refractivity contribution in [2.45, 2.75) is 19.9 Å². The van der Waals surface area contributed by atoms with E-state index in [1.54, 1.807) is 42.2 Å². The minimum absolute atomic E-state index is 0.00779. The number of hydrogen-bond acceptors (Lipinski definition) is 4. The van der Waals surface area contributed by atoms with E-state index in [-0.39, 0.29) is 30.4 Å². The molecule has 0 atom stereocenters. The number of carbonyl (C=O) groups excluding carboxylic acids is 2. The Hall–Kier alpha value is -3.15. The molecule has 128 valence electrons. The molecule has 6 nitrogen and oxygen atoms in total. The monoisotopic (exact) mass is 339 g/mol. The third-order valence-corrected chi connectivity index (χ3v) is 4.09. The number of nitrogens with zero attached hydrogens (tertiary/aromatic N) is 1. The molecule has 0 bridgehead atoms. The zero-order valence-electron chi connectivity index (χ0n) is 13.7. The number of aromatic carboxylic acids is 1. The van der Waals surface area contributed by atoms with Crippen molar-refractivity contribution in [1.82, 2.24) is 0 Å². The molecule has 1 amide bonds. The van der Waals surface area contributed by atoms with Gasteiger partial charge in [0.1, 0.15) is 5.75 Å². The van der Waals surface area contributed by atoms with E-state index in [1.165, 1.54) is 12.1 Å². The highest BCUT2D eigenvalue weighted by Crippen LogP contribution is 2.34. The molecule has 0 aliphatic carbocycles. The number of rotatable bonds is 5. The molecule has 25 heavy (non-hydrogen) atoms. The Labute approximate surface area is 144 Å². The van der Waals surface area contributed by atoms with Crippen LogP contribution in [0.1, 0.15) is 39.6 Å². The number of ketones is 1. The summed E-state index contributed by atoms with van der Waals surface area (Å²) in [6, 6.07) is 11.4. The molecule has 0 unspecified atom stereocenters. The van der Waals surface area contributed by atoms with Crippen LogP contribution in [0.4, 0.5) is 5.69 Å². The number of carboxylic acid groups (broad SMARTS) is 1. The Morgan fingerprint density at radius 1 is 1.12 bits per heavy atom. The second-order valence-electron chi connectivity index (χ2n) is 5.73. The molecule has 1 heterocycles. The van der Waals surface area contributed by atoms with Crippen molar-refractivity contribution in [1.29, 1.82) is 0 Å². The molecule has 1 aliphatic heterocycles. The van der Waals surface area contributed by atoms with Gasteiger partial charge in [-0.3, -0.25) is 9.59 Å². The maximum absolute atomic E-state index is 12.3. The van der Waals surface area contributed by atoms with Crippen LogP contribution >= 0.6 is 0 Å². The number of fused-ring (bicyclic) bond motifs is 1. The Morgan fingerprint density at radius 3 is 2.44 bits per heavy atom. The van der Waals surface area contributed by atoms with Gasteiger partial charge in [-0.1, -0.05) is 19.1 Å². The molecular weight excluding hydrogens is 322 g/mol. The second kappa shape index (κ2) is 6.76. The van der Waals surface area contributed by atoms with Gasteiger partial charge < -0.3 is 14.7 Å². The summed E-state index contributed by atoms with van der Waals surface area (Å²) >= 11 is 0. The number of hydrogen-bond donors (Lipinski definition) is 1. The second-order valence-corrected chi connectivity index (χ2v) is 5.73. The summed E-state index contributed by atoms with van der Waals surface area (Å²) in [6.07, 6.45) is 0.379. The average Bonchev–Trinajstić information content (AvgIpc) is 2.63. The van der Waals surface area contributed by atoms with Gasteiger partial charge in [0.25, 0.3) is 5.91 Å². The fourth-order valence-electron chi connectivity index (χ4n) is 2.69. The van der Waals surface area contributed by atoms with E-state index < -0.39 is 5.97 Å². The van der Waals surface area contributed by atoms with Crippen LogP contribution in [0, 0.1) is 0 Å². The van der Waals surface area contributed by atoms with Crippen LogP contribution in [0.2, 0.25) is 0 Å². The van der Waals surface area contributed by atoms with E-state index in [1.807, 2.05) is 0 Å².